The van der Waals surface area contributed by atoms with Gasteiger partial charge >= 0.3 is 0 Å². The maximum Gasteiger partial charge on any atom is 0.275 e. The van der Waals surface area contributed by atoms with Crippen LogP contribution < -0.4 is 26.0 Å². The molecule has 3 aliphatic heterocycles. The zero-order valence-corrected chi connectivity index (χ0v) is 33.6. The van der Waals surface area contributed by atoms with Crippen molar-refractivity contribution in [2.24, 2.45) is 0 Å². The number of anilines is 3. The predicted octanol–water partition coefficient (Wildman–Crippen LogP) is 2.48. The third kappa shape index (κ3) is 9.14. The van der Waals surface area contributed by atoms with E-state index in [0.717, 1.165) is 35.4 Å². The van der Waals surface area contributed by atoms with Crippen LogP contribution in [0, 0.1) is 0 Å². The first-order chi connectivity index (χ1) is 30.1. The van der Waals surface area contributed by atoms with Gasteiger partial charge in [0.1, 0.15) is 35.3 Å². The summed E-state index contributed by atoms with van der Waals surface area (Å²) in [6.45, 7) is 3.44. The number of aromatic amines is 2. The highest BCUT2D eigenvalue weighted by molar-refractivity contribution is 6.24. The van der Waals surface area contributed by atoms with Crippen LogP contribution in [0.15, 0.2) is 67.3 Å². The van der Waals surface area contributed by atoms with Crippen molar-refractivity contribution in [1.29, 1.82) is 0 Å². The van der Waals surface area contributed by atoms with Gasteiger partial charge in [0.15, 0.2) is 6.61 Å². The smallest absolute Gasteiger partial charge is 0.275 e. The number of H-pyrrole nitrogens is 2. The number of amides is 7. The number of imide groups is 2. The van der Waals surface area contributed by atoms with Gasteiger partial charge in [0.25, 0.3) is 23.6 Å². The molecule has 2 saturated heterocycles. The van der Waals surface area contributed by atoms with Gasteiger partial charge in [-0.05, 0) is 55.2 Å². The molecule has 3 aromatic heterocycles. The number of aromatic nitrogens is 5. The molecular weight excluding hydrogens is 801 g/mol. The largest absolute Gasteiger partial charge is 0.483 e. The molecule has 7 amide bonds. The van der Waals surface area contributed by atoms with E-state index in [2.05, 4.69) is 51.3 Å². The predicted molar refractivity (Wildman–Crippen MR) is 222 cm³/mol. The number of rotatable bonds is 16. The summed E-state index contributed by atoms with van der Waals surface area (Å²) in [4.78, 5) is 105. The minimum absolute atomic E-state index is 0.00693. The Morgan fingerprint density at radius 3 is 2.53 bits per heavy atom. The quantitative estimate of drug-likeness (QED) is 0.0617. The average molecular weight is 845 g/mol. The van der Waals surface area contributed by atoms with Crippen LogP contribution in [0.4, 0.5) is 17.2 Å². The van der Waals surface area contributed by atoms with Crippen LogP contribution in [0.3, 0.4) is 0 Å². The summed E-state index contributed by atoms with van der Waals surface area (Å²) in [6.07, 6.45) is 7.26. The number of ether oxygens (including phenoxy) is 1. The Morgan fingerprint density at radius 1 is 0.903 bits per heavy atom. The summed E-state index contributed by atoms with van der Waals surface area (Å²) >= 11 is 0. The third-order valence-electron chi connectivity index (χ3n) is 11.0. The molecule has 0 saturated carbocycles. The first-order valence-electron chi connectivity index (χ1n) is 20.4. The fourth-order valence-corrected chi connectivity index (χ4v) is 7.72. The average Bonchev–Trinajstić information content (AvgIpc) is 4.01. The van der Waals surface area contributed by atoms with E-state index in [-0.39, 0.29) is 53.8 Å². The van der Waals surface area contributed by atoms with Crippen LogP contribution in [0.2, 0.25) is 0 Å². The summed E-state index contributed by atoms with van der Waals surface area (Å²) in [5.41, 5.74) is 3.16. The number of hydrogen-bond acceptors (Lipinski definition) is 13. The van der Waals surface area contributed by atoms with Gasteiger partial charge in [-0.3, -0.25) is 53.8 Å². The maximum absolute atomic E-state index is 13.2. The van der Waals surface area contributed by atoms with Gasteiger partial charge < -0.3 is 30.6 Å². The summed E-state index contributed by atoms with van der Waals surface area (Å²) < 4.78 is 5.64. The first-order valence-corrected chi connectivity index (χ1v) is 20.4. The monoisotopic (exact) mass is 844 g/mol. The molecule has 320 valence electrons. The Morgan fingerprint density at radius 2 is 1.73 bits per heavy atom. The molecular formula is C42H44N12O8. The highest BCUT2D eigenvalue weighted by Gasteiger charge is 2.46. The number of piperazine rings is 1. The molecule has 6 heterocycles. The lowest BCUT2D eigenvalue weighted by atomic mass is 10.0. The number of unbranched alkanes of at least 4 members (excludes halogenated alkanes) is 2. The third-order valence-corrected chi connectivity index (χ3v) is 11.0. The topological polar surface area (TPSA) is 257 Å². The standard InChI is InChI=1S/C42H44N12O8/c55-32-13-12-30(39(58)50-32)54-41(60)27-5-4-6-31(35(27)42(54)61)62-23-33(56)43-15-3-1-2-7-34(57)53-19-17-52(18-20-53)22-25-8-10-26(11-9-25)48-40(59)36-29(21-47-51-36)49-38-28-14-16-44-37(28)45-24-46-38/h4-6,8-11,14,16,21,24,30H,1-3,7,12-13,15,17-20,22-23H2,(H,43,56)(H,47,51)(H,48,59)(H,50,55,58)(H2,44,45,46,49). The molecule has 0 bridgehead atoms. The lowest BCUT2D eigenvalue weighted by Gasteiger charge is -2.35. The van der Waals surface area contributed by atoms with Gasteiger partial charge in [-0.25, -0.2) is 9.97 Å². The fourth-order valence-electron chi connectivity index (χ4n) is 7.72. The van der Waals surface area contributed by atoms with E-state index < -0.39 is 35.6 Å². The molecule has 62 heavy (non-hydrogen) atoms. The molecule has 1 atom stereocenters. The van der Waals surface area contributed by atoms with Crippen LogP contribution >= 0.6 is 0 Å². The zero-order valence-electron chi connectivity index (χ0n) is 33.6. The summed E-state index contributed by atoms with van der Waals surface area (Å²) in [6, 6.07) is 12.9. The molecule has 0 aliphatic carbocycles. The molecule has 3 aliphatic rings. The minimum Gasteiger partial charge on any atom is -0.483 e. The molecule has 5 aromatic rings. The molecule has 6 N–H and O–H groups in total. The van der Waals surface area contributed by atoms with E-state index in [1.807, 2.05) is 35.2 Å². The summed E-state index contributed by atoms with van der Waals surface area (Å²) in [7, 11) is 0. The van der Waals surface area contributed by atoms with Gasteiger partial charge in [0.05, 0.1) is 28.4 Å². The lowest BCUT2D eigenvalue weighted by Crippen LogP contribution is -2.54. The Labute approximate surface area is 354 Å². The molecule has 1 unspecified atom stereocenters. The number of hydrogen-bond donors (Lipinski definition) is 6. The van der Waals surface area contributed by atoms with E-state index in [1.165, 1.54) is 30.7 Å². The van der Waals surface area contributed by atoms with Crippen LogP contribution in [-0.2, 0) is 25.7 Å². The highest BCUT2D eigenvalue weighted by atomic mass is 16.5. The molecule has 20 heteroatoms. The number of piperidine rings is 1. The van der Waals surface area contributed by atoms with Crippen molar-refractivity contribution in [1.82, 2.24) is 50.5 Å². The summed E-state index contributed by atoms with van der Waals surface area (Å²) in [5, 5.41) is 18.6. The second-order valence-corrected chi connectivity index (χ2v) is 15.1. The van der Waals surface area contributed by atoms with Gasteiger partial charge in [-0.1, -0.05) is 24.6 Å². The van der Waals surface area contributed by atoms with E-state index in [1.54, 1.807) is 6.20 Å². The SMILES string of the molecule is O=C(COc1cccc2c1C(=O)N(C1CCC(=O)NC1=O)C2=O)NCCCCCC(=O)N1CCN(Cc2ccc(NC(=O)c3[nH]ncc3Nc3ncnc4[nH]ccc34)cc2)CC1. The minimum atomic E-state index is -1.11. The number of nitrogens with zero attached hydrogens (tertiary/aromatic N) is 6. The number of nitrogens with one attached hydrogen (secondary N) is 6. The van der Waals surface area contributed by atoms with Gasteiger partial charge in [-0.15, -0.1) is 0 Å². The van der Waals surface area contributed by atoms with Crippen molar-refractivity contribution in [3.05, 3.63) is 89.6 Å². The molecule has 2 fully saturated rings. The van der Waals surface area contributed by atoms with E-state index in [0.29, 0.717) is 68.3 Å². The van der Waals surface area contributed by atoms with Gasteiger partial charge in [0, 0.05) is 64.0 Å². The van der Waals surface area contributed by atoms with Crippen molar-refractivity contribution in [3.8, 4) is 5.75 Å². The second kappa shape index (κ2) is 18.4. The highest BCUT2D eigenvalue weighted by Crippen LogP contribution is 2.34. The number of carbonyl (C=O) groups excluding carboxylic acids is 7. The van der Waals surface area contributed by atoms with Gasteiger partial charge in [0.2, 0.25) is 17.7 Å². The molecule has 0 radical (unpaired) electrons. The normalized spacial score (nSPS) is 16.6. The van der Waals surface area contributed by atoms with Crippen LogP contribution in [0.5, 0.6) is 5.75 Å². The van der Waals surface area contributed by atoms with Crippen molar-refractivity contribution < 1.29 is 38.3 Å². The molecule has 0 spiro atoms. The zero-order chi connectivity index (χ0) is 43.2. The Balaban J connectivity index is 0.700. The van der Waals surface area contributed by atoms with Crippen LogP contribution in [0.1, 0.15) is 75.3 Å². The summed E-state index contributed by atoms with van der Waals surface area (Å²) in [5.74, 6) is -2.61. The fraction of sp³-hybridized carbons (Fsp3) is 0.333. The van der Waals surface area contributed by atoms with E-state index >= 15 is 0 Å². The Bertz CT molecular complexity index is 2530. The van der Waals surface area contributed by atoms with Crippen molar-refractivity contribution in [2.75, 3.05) is 50.0 Å². The molecule has 20 nitrogen and oxygen atoms in total. The van der Waals surface area contributed by atoms with Crippen molar-refractivity contribution in [3.63, 3.8) is 0 Å². The van der Waals surface area contributed by atoms with E-state index in [9.17, 15) is 33.6 Å². The van der Waals surface area contributed by atoms with Crippen molar-refractivity contribution >= 4 is 69.6 Å². The lowest BCUT2D eigenvalue weighted by molar-refractivity contribution is -0.136. The second-order valence-electron chi connectivity index (χ2n) is 15.1. The number of benzene rings is 2. The van der Waals surface area contributed by atoms with Gasteiger partial charge in [-0.2, -0.15) is 5.10 Å². The number of fused-ring (bicyclic) bond motifs is 2. The van der Waals surface area contributed by atoms with Crippen molar-refractivity contribution in [2.45, 2.75) is 51.1 Å². The maximum atomic E-state index is 13.2. The van der Waals surface area contributed by atoms with Crippen LogP contribution in [-0.4, -0.2) is 127 Å². The van der Waals surface area contributed by atoms with E-state index in [4.69, 9.17) is 4.74 Å². The number of carbonyl (C=O) groups is 7. The van der Waals surface area contributed by atoms with Crippen LogP contribution in [0.25, 0.3) is 11.0 Å². The first kappa shape index (κ1) is 41.3. The Hall–Kier alpha value is -7.48. The Kier molecular flexibility index (Phi) is 12.3. The molecule has 8 rings (SSSR count). The molecule has 2 aromatic carbocycles.